The van der Waals surface area contributed by atoms with E-state index in [0.29, 0.717) is 5.92 Å². The van der Waals surface area contributed by atoms with Crippen molar-refractivity contribution < 1.29 is 4.74 Å². The van der Waals surface area contributed by atoms with E-state index in [2.05, 4.69) is 24.3 Å². The maximum atomic E-state index is 5.57. The van der Waals surface area contributed by atoms with Crippen molar-refractivity contribution in [3.05, 3.63) is 35.4 Å². The molecule has 0 spiro atoms. The van der Waals surface area contributed by atoms with Gasteiger partial charge in [0.25, 0.3) is 0 Å². The summed E-state index contributed by atoms with van der Waals surface area (Å²) in [6.45, 7) is 2.61. The second-order valence-electron chi connectivity index (χ2n) is 4.65. The smallest absolute Gasteiger partial charge is 0.0497 e. The maximum Gasteiger partial charge on any atom is 0.0497 e. The first-order valence-electron chi connectivity index (χ1n) is 6.24. The fraction of sp³-hybridized carbons (Fsp3) is 0.571. The topological polar surface area (TPSA) is 35.2 Å². The van der Waals surface area contributed by atoms with Gasteiger partial charge in [0.15, 0.2) is 0 Å². The molecule has 2 N–H and O–H groups in total. The molecule has 1 aliphatic rings. The van der Waals surface area contributed by atoms with E-state index in [0.717, 1.165) is 32.6 Å². The van der Waals surface area contributed by atoms with E-state index < -0.39 is 0 Å². The second kappa shape index (κ2) is 6.02. The molecule has 1 atom stereocenters. The third-order valence-corrected chi connectivity index (χ3v) is 3.20. The predicted octanol–water partition coefficient (Wildman–Crippen LogP) is 2.16. The summed E-state index contributed by atoms with van der Waals surface area (Å²) in [5.41, 5.74) is 8.36. The summed E-state index contributed by atoms with van der Waals surface area (Å²) in [6.07, 6.45) is 4.65. The molecule has 1 aromatic carbocycles. The Morgan fingerprint density at radius 3 is 2.94 bits per heavy atom. The fourth-order valence-corrected chi connectivity index (χ4v) is 2.38. The Morgan fingerprint density at radius 1 is 1.31 bits per heavy atom. The van der Waals surface area contributed by atoms with Crippen molar-refractivity contribution >= 4 is 0 Å². The molecule has 2 nitrogen and oxygen atoms in total. The molecule has 0 aromatic heterocycles. The largest absolute Gasteiger partial charge is 0.381 e. The van der Waals surface area contributed by atoms with Crippen molar-refractivity contribution in [3.8, 4) is 0 Å². The molecule has 2 heteroatoms. The number of nitrogens with two attached hydrogens (primary N) is 1. The normalized spacial score (nSPS) is 20.9. The molecule has 1 unspecified atom stereocenters. The lowest BCUT2D eigenvalue weighted by Crippen LogP contribution is -2.19. The minimum atomic E-state index is 0.710. The van der Waals surface area contributed by atoms with Crippen LogP contribution in [0.2, 0.25) is 0 Å². The molecule has 1 aliphatic heterocycles. The highest BCUT2D eigenvalue weighted by molar-refractivity contribution is 5.24. The van der Waals surface area contributed by atoms with E-state index in [4.69, 9.17) is 10.5 Å². The van der Waals surface area contributed by atoms with Crippen LogP contribution in [-0.4, -0.2) is 19.8 Å². The van der Waals surface area contributed by atoms with E-state index in [-0.39, 0.29) is 0 Å². The van der Waals surface area contributed by atoms with Crippen molar-refractivity contribution in [1.29, 1.82) is 0 Å². The third-order valence-electron chi connectivity index (χ3n) is 3.20. The average Bonchev–Trinajstić information content (AvgIpc) is 2.31. The Balaban J connectivity index is 1.94. The van der Waals surface area contributed by atoms with E-state index in [1.807, 2.05) is 0 Å². The van der Waals surface area contributed by atoms with Crippen molar-refractivity contribution in [3.63, 3.8) is 0 Å². The Hall–Kier alpha value is -0.860. The van der Waals surface area contributed by atoms with Crippen LogP contribution < -0.4 is 5.73 Å². The summed E-state index contributed by atoms with van der Waals surface area (Å²) in [4.78, 5) is 0. The minimum absolute atomic E-state index is 0.710. The average molecular weight is 219 g/mol. The summed E-state index contributed by atoms with van der Waals surface area (Å²) in [6, 6.07) is 8.81. The maximum absolute atomic E-state index is 5.57. The molecule has 0 amide bonds. The number of hydrogen-bond acceptors (Lipinski definition) is 2. The minimum Gasteiger partial charge on any atom is -0.381 e. The molecule has 2 rings (SSSR count). The molecule has 16 heavy (non-hydrogen) atoms. The predicted molar refractivity (Wildman–Crippen MR) is 66.4 cm³/mol. The van der Waals surface area contributed by atoms with E-state index >= 15 is 0 Å². The van der Waals surface area contributed by atoms with E-state index in [1.165, 1.54) is 24.0 Å². The van der Waals surface area contributed by atoms with Crippen molar-refractivity contribution in [2.45, 2.75) is 25.7 Å². The van der Waals surface area contributed by atoms with Gasteiger partial charge in [0.05, 0.1) is 0 Å². The van der Waals surface area contributed by atoms with Gasteiger partial charge in [-0.1, -0.05) is 24.3 Å². The van der Waals surface area contributed by atoms with Gasteiger partial charge in [0.2, 0.25) is 0 Å². The van der Waals surface area contributed by atoms with Crippen molar-refractivity contribution in [2.75, 3.05) is 19.8 Å². The Morgan fingerprint density at radius 2 is 2.19 bits per heavy atom. The highest BCUT2D eigenvalue weighted by Gasteiger charge is 2.14. The Bertz CT molecular complexity index is 318. The first-order chi connectivity index (χ1) is 7.88. The van der Waals surface area contributed by atoms with Crippen LogP contribution in [0.25, 0.3) is 0 Å². The van der Waals surface area contributed by atoms with Crippen molar-refractivity contribution in [2.24, 2.45) is 11.7 Å². The zero-order valence-corrected chi connectivity index (χ0v) is 9.82. The first-order valence-corrected chi connectivity index (χ1v) is 6.24. The molecule has 88 valence electrons. The van der Waals surface area contributed by atoms with Crippen LogP contribution in [0.1, 0.15) is 24.0 Å². The molecular formula is C14H21NO. The van der Waals surface area contributed by atoms with E-state index in [9.17, 15) is 0 Å². The zero-order valence-electron chi connectivity index (χ0n) is 9.82. The van der Waals surface area contributed by atoms with Crippen LogP contribution in [0, 0.1) is 5.92 Å². The summed E-state index contributed by atoms with van der Waals surface area (Å²) in [5.74, 6) is 0.710. The van der Waals surface area contributed by atoms with Crippen LogP contribution in [-0.2, 0) is 17.6 Å². The lowest BCUT2D eigenvalue weighted by Gasteiger charge is -2.22. The lowest BCUT2D eigenvalue weighted by atomic mass is 9.93. The standard InChI is InChI=1S/C14H21NO/c15-7-6-12-3-1-4-13(9-12)10-14-5-2-8-16-11-14/h1,3-4,9,14H,2,5-8,10-11,15H2. The fourth-order valence-electron chi connectivity index (χ4n) is 2.38. The molecule has 0 saturated carbocycles. The summed E-state index contributed by atoms with van der Waals surface area (Å²) >= 11 is 0. The van der Waals surface area contributed by atoms with Gasteiger partial charge in [0, 0.05) is 13.2 Å². The summed E-state index contributed by atoms with van der Waals surface area (Å²) in [5, 5.41) is 0. The third kappa shape index (κ3) is 3.32. The zero-order chi connectivity index (χ0) is 11.2. The molecule has 1 heterocycles. The lowest BCUT2D eigenvalue weighted by molar-refractivity contribution is 0.0550. The van der Waals surface area contributed by atoms with Crippen LogP contribution >= 0.6 is 0 Å². The van der Waals surface area contributed by atoms with Gasteiger partial charge in [-0.05, 0) is 49.3 Å². The number of ether oxygens (including phenoxy) is 1. The highest BCUT2D eigenvalue weighted by Crippen LogP contribution is 2.19. The quantitative estimate of drug-likeness (QED) is 0.842. The molecule has 0 radical (unpaired) electrons. The van der Waals surface area contributed by atoms with Crippen LogP contribution in [0.3, 0.4) is 0 Å². The summed E-state index contributed by atoms with van der Waals surface area (Å²) in [7, 11) is 0. The summed E-state index contributed by atoms with van der Waals surface area (Å²) < 4.78 is 5.51. The van der Waals surface area contributed by atoms with Gasteiger partial charge in [-0.3, -0.25) is 0 Å². The van der Waals surface area contributed by atoms with Gasteiger partial charge in [-0.2, -0.15) is 0 Å². The molecule has 1 aromatic rings. The van der Waals surface area contributed by atoms with Gasteiger partial charge in [-0.15, -0.1) is 0 Å². The van der Waals surface area contributed by atoms with Crippen molar-refractivity contribution in [1.82, 2.24) is 0 Å². The number of hydrogen-bond donors (Lipinski definition) is 1. The molecule has 1 fully saturated rings. The van der Waals surface area contributed by atoms with Gasteiger partial charge >= 0.3 is 0 Å². The number of benzene rings is 1. The number of rotatable bonds is 4. The molecule has 0 aliphatic carbocycles. The SMILES string of the molecule is NCCc1cccc(CC2CCCOC2)c1. The Kier molecular flexibility index (Phi) is 4.37. The molecular weight excluding hydrogens is 198 g/mol. The second-order valence-corrected chi connectivity index (χ2v) is 4.65. The Labute approximate surface area is 97.8 Å². The first kappa shape index (κ1) is 11.6. The van der Waals surface area contributed by atoms with Gasteiger partial charge in [-0.25, -0.2) is 0 Å². The van der Waals surface area contributed by atoms with E-state index in [1.54, 1.807) is 0 Å². The monoisotopic (exact) mass is 219 g/mol. The van der Waals surface area contributed by atoms with Crippen LogP contribution in [0.5, 0.6) is 0 Å². The van der Waals surface area contributed by atoms with Gasteiger partial charge < -0.3 is 10.5 Å². The van der Waals surface area contributed by atoms with Crippen LogP contribution in [0.4, 0.5) is 0 Å². The molecule has 0 bridgehead atoms. The molecule has 1 saturated heterocycles. The highest BCUT2D eigenvalue weighted by atomic mass is 16.5. The van der Waals surface area contributed by atoms with Crippen LogP contribution in [0.15, 0.2) is 24.3 Å². The van der Waals surface area contributed by atoms with Gasteiger partial charge in [0.1, 0.15) is 0 Å².